The summed E-state index contributed by atoms with van der Waals surface area (Å²) in [5, 5.41) is 0. The molecule has 0 aliphatic carbocycles. The van der Waals surface area contributed by atoms with Gasteiger partial charge in [-0.2, -0.15) is 13.2 Å². The summed E-state index contributed by atoms with van der Waals surface area (Å²) >= 11 is 0. The molecule has 2 aromatic heterocycles. The standard InChI is InChI=1S/C21H18F3NO5S/c22-21(23,24)15-4-1-3-14(11-15)18-7-6-17(30-18)12-25(16-8-10-31(27,28)13-16)20(26)19-5-2-9-29-19/h1-7,9,11,16H,8,10,12-13H2/t16-/m1/s1. The Kier molecular flexibility index (Phi) is 5.42. The number of carbonyl (C=O) groups is 1. The molecule has 3 aromatic rings. The van der Waals surface area contributed by atoms with Gasteiger partial charge < -0.3 is 13.7 Å². The number of halogens is 3. The van der Waals surface area contributed by atoms with Gasteiger partial charge in [-0.25, -0.2) is 8.42 Å². The largest absolute Gasteiger partial charge is 0.459 e. The molecule has 164 valence electrons. The van der Waals surface area contributed by atoms with Gasteiger partial charge in [-0.15, -0.1) is 0 Å². The Hall–Kier alpha value is -3.01. The Labute approximate surface area is 176 Å². The van der Waals surface area contributed by atoms with E-state index in [9.17, 15) is 26.4 Å². The van der Waals surface area contributed by atoms with Crippen molar-refractivity contribution in [3.63, 3.8) is 0 Å². The summed E-state index contributed by atoms with van der Waals surface area (Å²) in [6.45, 7) is -0.0430. The first-order chi connectivity index (χ1) is 14.6. The van der Waals surface area contributed by atoms with Gasteiger partial charge in [0.25, 0.3) is 5.91 Å². The van der Waals surface area contributed by atoms with Crippen LogP contribution in [0.1, 0.15) is 28.3 Å². The molecule has 10 heteroatoms. The summed E-state index contributed by atoms with van der Waals surface area (Å²) < 4.78 is 73.7. The maximum Gasteiger partial charge on any atom is 0.416 e. The highest BCUT2D eigenvalue weighted by Crippen LogP contribution is 2.33. The van der Waals surface area contributed by atoms with Crippen LogP contribution < -0.4 is 0 Å². The number of nitrogens with zero attached hydrogens (tertiary/aromatic N) is 1. The monoisotopic (exact) mass is 453 g/mol. The van der Waals surface area contributed by atoms with Crippen molar-refractivity contribution in [3.8, 4) is 11.3 Å². The number of carbonyl (C=O) groups excluding carboxylic acids is 1. The van der Waals surface area contributed by atoms with Gasteiger partial charge in [0.2, 0.25) is 0 Å². The third-order valence-electron chi connectivity index (χ3n) is 5.10. The Morgan fingerprint density at radius 1 is 1.13 bits per heavy atom. The highest BCUT2D eigenvalue weighted by atomic mass is 32.2. The van der Waals surface area contributed by atoms with E-state index in [1.807, 2.05) is 0 Å². The van der Waals surface area contributed by atoms with E-state index in [1.165, 1.54) is 35.4 Å². The summed E-state index contributed by atoms with van der Waals surface area (Å²) in [5.41, 5.74) is -0.554. The summed E-state index contributed by atoms with van der Waals surface area (Å²) in [6, 6.07) is 10.3. The first kappa shape index (κ1) is 21.2. The molecular formula is C21H18F3NO5S. The Morgan fingerprint density at radius 2 is 1.94 bits per heavy atom. The predicted molar refractivity (Wildman–Crippen MR) is 105 cm³/mol. The third-order valence-corrected chi connectivity index (χ3v) is 6.85. The average Bonchev–Trinajstić information content (AvgIpc) is 3.46. The number of amides is 1. The molecule has 4 rings (SSSR count). The highest BCUT2D eigenvalue weighted by molar-refractivity contribution is 7.91. The Bertz CT molecular complexity index is 1180. The zero-order valence-corrected chi connectivity index (χ0v) is 16.9. The second-order valence-corrected chi connectivity index (χ2v) is 9.54. The molecule has 1 fully saturated rings. The van der Waals surface area contributed by atoms with Crippen LogP contribution in [-0.2, 0) is 22.6 Å². The van der Waals surface area contributed by atoms with Crippen molar-refractivity contribution in [1.82, 2.24) is 4.90 Å². The van der Waals surface area contributed by atoms with Crippen molar-refractivity contribution in [2.75, 3.05) is 11.5 Å². The molecule has 1 aliphatic heterocycles. The molecule has 1 saturated heterocycles. The summed E-state index contributed by atoms with van der Waals surface area (Å²) in [6.07, 6.45) is -2.85. The van der Waals surface area contributed by atoms with E-state index in [1.54, 1.807) is 12.1 Å². The second-order valence-electron chi connectivity index (χ2n) is 7.31. The minimum Gasteiger partial charge on any atom is -0.459 e. The van der Waals surface area contributed by atoms with E-state index in [0.29, 0.717) is 5.76 Å². The van der Waals surface area contributed by atoms with E-state index in [4.69, 9.17) is 8.83 Å². The van der Waals surface area contributed by atoms with Crippen LogP contribution in [0.2, 0.25) is 0 Å². The number of sulfone groups is 1. The smallest absolute Gasteiger partial charge is 0.416 e. The molecule has 0 bridgehead atoms. The van der Waals surface area contributed by atoms with Crippen molar-refractivity contribution in [2.45, 2.75) is 25.2 Å². The van der Waals surface area contributed by atoms with Gasteiger partial charge in [-0.3, -0.25) is 4.79 Å². The normalized spacial score (nSPS) is 18.2. The van der Waals surface area contributed by atoms with Crippen LogP contribution in [0.4, 0.5) is 13.2 Å². The van der Waals surface area contributed by atoms with E-state index >= 15 is 0 Å². The summed E-state index contributed by atoms with van der Waals surface area (Å²) in [5.74, 6) is -0.0753. The van der Waals surface area contributed by atoms with Gasteiger partial charge in [0.05, 0.1) is 29.9 Å². The molecule has 6 nitrogen and oxygen atoms in total. The van der Waals surface area contributed by atoms with Crippen LogP contribution in [0.15, 0.2) is 63.6 Å². The number of rotatable bonds is 5. The molecular weight excluding hydrogens is 435 g/mol. The van der Waals surface area contributed by atoms with Gasteiger partial charge in [0, 0.05) is 11.6 Å². The fourth-order valence-electron chi connectivity index (χ4n) is 3.56. The van der Waals surface area contributed by atoms with Crippen LogP contribution in [-0.4, -0.2) is 36.8 Å². The highest BCUT2D eigenvalue weighted by Gasteiger charge is 2.36. The van der Waals surface area contributed by atoms with Crippen LogP contribution in [0.5, 0.6) is 0 Å². The molecule has 3 heterocycles. The third kappa shape index (κ3) is 4.68. The van der Waals surface area contributed by atoms with Crippen LogP contribution in [0.25, 0.3) is 11.3 Å². The fourth-order valence-corrected chi connectivity index (χ4v) is 5.30. The number of hydrogen-bond donors (Lipinski definition) is 0. The maximum atomic E-state index is 13.0. The molecule has 0 radical (unpaired) electrons. The van der Waals surface area contributed by atoms with Crippen molar-refractivity contribution in [1.29, 1.82) is 0 Å². The lowest BCUT2D eigenvalue weighted by atomic mass is 10.1. The van der Waals surface area contributed by atoms with Gasteiger partial charge in [-0.1, -0.05) is 12.1 Å². The lowest BCUT2D eigenvalue weighted by Gasteiger charge is -2.26. The van der Waals surface area contributed by atoms with Crippen molar-refractivity contribution in [3.05, 3.63) is 71.9 Å². The van der Waals surface area contributed by atoms with Crippen molar-refractivity contribution < 1.29 is 35.2 Å². The summed E-state index contributed by atoms with van der Waals surface area (Å²) in [4.78, 5) is 14.3. The van der Waals surface area contributed by atoms with E-state index in [-0.39, 0.29) is 41.6 Å². The van der Waals surface area contributed by atoms with E-state index in [2.05, 4.69) is 0 Å². The first-order valence-electron chi connectivity index (χ1n) is 9.44. The minimum atomic E-state index is -4.48. The number of benzene rings is 1. The predicted octanol–water partition coefficient (Wildman–Crippen LogP) is 4.39. The quantitative estimate of drug-likeness (QED) is 0.573. The molecule has 1 atom stereocenters. The average molecular weight is 453 g/mol. The molecule has 0 unspecified atom stereocenters. The maximum absolute atomic E-state index is 13.0. The summed E-state index contributed by atoms with van der Waals surface area (Å²) in [7, 11) is -3.25. The van der Waals surface area contributed by atoms with E-state index in [0.717, 1.165) is 12.1 Å². The van der Waals surface area contributed by atoms with Gasteiger partial charge in [0.15, 0.2) is 15.6 Å². The van der Waals surface area contributed by atoms with Crippen LogP contribution in [0, 0.1) is 0 Å². The zero-order chi connectivity index (χ0) is 22.2. The molecule has 0 saturated carbocycles. The molecule has 1 aliphatic rings. The first-order valence-corrected chi connectivity index (χ1v) is 11.3. The second kappa shape index (κ2) is 7.92. The molecule has 1 amide bonds. The molecule has 31 heavy (non-hydrogen) atoms. The van der Waals surface area contributed by atoms with Crippen LogP contribution in [0.3, 0.4) is 0 Å². The number of alkyl halides is 3. The van der Waals surface area contributed by atoms with Gasteiger partial charge >= 0.3 is 6.18 Å². The van der Waals surface area contributed by atoms with Crippen molar-refractivity contribution >= 4 is 15.7 Å². The number of hydrogen-bond acceptors (Lipinski definition) is 5. The van der Waals surface area contributed by atoms with Crippen LogP contribution >= 0.6 is 0 Å². The molecule has 0 spiro atoms. The van der Waals surface area contributed by atoms with E-state index < -0.39 is 33.5 Å². The minimum absolute atomic E-state index is 0.0206. The molecule has 1 aromatic carbocycles. The topological polar surface area (TPSA) is 80.7 Å². The Balaban J connectivity index is 1.60. The lowest BCUT2D eigenvalue weighted by Crippen LogP contribution is -2.40. The lowest BCUT2D eigenvalue weighted by molar-refractivity contribution is -0.137. The van der Waals surface area contributed by atoms with Gasteiger partial charge in [0.1, 0.15) is 11.5 Å². The molecule has 0 N–H and O–H groups in total. The van der Waals surface area contributed by atoms with Gasteiger partial charge in [-0.05, 0) is 42.8 Å². The SMILES string of the molecule is O=C(c1ccco1)N(Cc1ccc(-c2cccc(C(F)(F)F)c2)o1)[C@@H]1CCS(=O)(=O)C1. The van der Waals surface area contributed by atoms with Crippen molar-refractivity contribution in [2.24, 2.45) is 0 Å². The number of furan rings is 2. The Morgan fingerprint density at radius 3 is 2.58 bits per heavy atom. The fraction of sp³-hybridized carbons (Fsp3) is 0.286. The zero-order valence-electron chi connectivity index (χ0n) is 16.1.